The quantitative estimate of drug-likeness (QED) is 0.796. The average Bonchev–Trinajstić information content (AvgIpc) is 2.35. The van der Waals surface area contributed by atoms with Gasteiger partial charge in [-0.25, -0.2) is 13.6 Å². The largest absolute Gasteiger partial charge is 0.478 e. The van der Waals surface area contributed by atoms with E-state index in [4.69, 9.17) is 16.7 Å². The fraction of sp³-hybridized carbons (Fsp3) is 0. The number of carboxylic acids is 1. The molecule has 0 amide bonds. The van der Waals surface area contributed by atoms with Crippen molar-refractivity contribution in [2.75, 3.05) is 0 Å². The molecular formula is C13H6BrClF2O2. The molecular weight excluding hydrogens is 341 g/mol. The van der Waals surface area contributed by atoms with Gasteiger partial charge in [0, 0.05) is 10.0 Å². The number of aromatic carboxylic acids is 1. The number of rotatable bonds is 2. The van der Waals surface area contributed by atoms with Gasteiger partial charge in [0.1, 0.15) is 5.82 Å². The molecule has 0 aliphatic rings. The van der Waals surface area contributed by atoms with Crippen LogP contribution in [0.3, 0.4) is 0 Å². The molecule has 0 heterocycles. The lowest BCUT2D eigenvalue weighted by molar-refractivity contribution is 0.0692. The molecule has 0 radical (unpaired) electrons. The van der Waals surface area contributed by atoms with E-state index in [0.29, 0.717) is 4.47 Å². The maximum Gasteiger partial charge on any atom is 0.338 e. The highest BCUT2D eigenvalue weighted by atomic mass is 79.9. The summed E-state index contributed by atoms with van der Waals surface area (Å²) in [6, 6.07) is 6.34. The van der Waals surface area contributed by atoms with Gasteiger partial charge in [0.2, 0.25) is 0 Å². The first-order chi connectivity index (χ1) is 8.91. The zero-order valence-corrected chi connectivity index (χ0v) is 11.6. The normalized spacial score (nSPS) is 10.5. The van der Waals surface area contributed by atoms with Gasteiger partial charge in [-0.05, 0) is 39.7 Å². The molecule has 1 N–H and O–H groups in total. The Morgan fingerprint density at radius 1 is 1.21 bits per heavy atom. The van der Waals surface area contributed by atoms with E-state index in [1.165, 1.54) is 18.2 Å². The number of carboxylic acid groups (broad SMARTS) is 1. The minimum atomic E-state index is -1.38. The van der Waals surface area contributed by atoms with Gasteiger partial charge in [0.05, 0.1) is 10.6 Å². The number of hydrogen-bond donors (Lipinski definition) is 1. The summed E-state index contributed by atoms with van der Waals surface area (Å²) in [7, 11) is 0. The smallest absolute Gasteiger partial charge is 0.338 e. The van der Waals surface area contributed by atoms with Crippen molar-refractivity contribution in [3.8, 4) is 11.1 Å². The Morgan fingerprint density at radius 2 is 1.89 bits per heavy atom. The van der Waals surface area contributed by atoms with Crippen LogP contribution in [-0.2, 0) is 0 Å². The van der Waals surface area contributed by atoms with Crippen molar-refractivity contribution in [3.63, 3.8) is 0 Å². The van der Waals surface area contributed by atoms with Crippen molar-refractivity contribution in [3.05, 3.63) is 57.0 Å². The zero-order chi connectivity index (χ0) is 14.2. The van der Waals surface area contributed by atoms with Crippen molar-refractivity contribution in [1.82, 2.24) is 0 Å². The number of carbonyl (C=O) groups is 1. The van der Waals surface area contributed by atoms with Crippen LogP contribution < -0.4 is 0 Å². The summed E-state index contributed by atoms with van der Waals surface area (Å²) in [6.07, 6.45) is 0. The second-order valence-electron chi connectivity index (χ2n) is 3.72. The molecule has 6 heteroatoms. The van der Waals surface area contributed by atoms with E-state index in [9.17, 15) is 13.6 Å². The van der Waals surface area contributed by atoms with Crippen LogP contribution in [0, 0.1) is 11.6 Å². The zero-order valence-electron chi connectivity index (χ0n) is 9.25. The van der Waals surface area contributed by atoms with Gasteiger partial charge in [-0.2, -0.15) is 0 Å². The number of benzene rings is 2. The first-order valence-electron chi connectivity index (χ1n) is 5.08. The molecule has 0 atom stereocenters. The van der Waals surface area contributed by atoms with Crippen LogP contribution in [0.5, 0.6) is 0 Å². The van der Waals surface area contributed by atoms with Crippen LogP contribution in [-0.4, -0.2) is 11.1 Å². The first-order valence-corrected chi connectivity index (χ1v) is 6.25. The third-order valence-corrected chi connectivity index (χ3v) is 3.80. The Labute approximate surface area is 120 Å². The Morgan fingerprint density at radius 3 is 2.47 bits per heavy atom. The summed E-state index contributed by atoms with van der Waals surface area (Å²) in [4.78, 5) is 10.7. The lowest BCUT2D eigenvalue weighted by Gasteiger charge is -2.07. The van der Waals surface area contributed by atoms with Crippen LogP contribution in [0.1, 0.15) is 10.4 Å². The lowest BCUT2D eigenvalue weighted by Crippen LogP contribution is -2.00. The molecule has 0 aliphatic carbocycles. The van der Waals surface area contributed by atoms with E-state index >= 15 is 0 Å². The molecule has 0 fully saturated rings. The third-order valence-electron chi connectivity index (χ3n) is 2.55. The molecule has 19 heavy (non-hydrogen) atoms. The van der Waals surface area contributed by atoms with Gasteiger partial charge in [-0.15, -0.1) is 0 Å². The molecule has 0 saturated carbocycles. The fourth-order valence-electron chi connectivity index (χ4n) is 1.60. The monoisotopic (exact) mass is 346 g/mol. The minimum Gasteiger partial charge on any atom is -0.478 e. The molecule has 2 aromatic rings. The van der Waals surface area contributed by atoms with E-state index in [1.807, 2.05) is 0 Å². The van der Waals surface area contributed by atoms with Gasteiger partial charge < -0.3 is 5.11 Å². The van der Waals surface area contributed by atoms with Crippen LogP contribution in [0.25, 0.3) is 11.1 Å². The molecule has 2 rings (SSSR count). The molecule has 0 aromatic heterocycles. The molecule has 0 spiro atoms. The molecule has 0 bridgehead atoms. The predicted octanol–water partition coefficient (Wildman–Crippen LogP) is 4.75. The topological polar surface area (TPSA) is 37.3 Å². The summed E-state index contributed by atoms with van der Waals surface area (Å²) in [5.74, 6) is -3.00. The summed E-state index contributed by atoms with van der Waals surface area (Å²) in [5, 5.41) is 8.61. The van der Waals surface area contributed by atoms with Crippen LogP contribution in [0.15, 0.2) is 34.8 Å². The number of halogens is 4. The highest BCUT2D eigenvalue weighted by Gasteiger charge is 2.15. The molecule has 0 aliphatic heterocycles. The SMILES string of the molecule is O=C(O)c1ccc(-c2ccc(Br)c(Cl)c2F)cc1F. The molecule has 2 aromatic carbocycles. The van der Waals surface area contributed by atoms with Crippen molar-refractivity contribution in [1.29, 1.82) is 0 Å². The highest BCUT2D eigenvalue weighted by Crippen LogP contribution is 2.33. The van der Waals surface area contributed by atoms with Crippen molar-refractivity contribution >= 4 is 33.5 Å². The Bertz CT molecular complexity index is 674. The van der Waals surface area contributed by atoms with Gasteiger partial charge in [-0.1, -0.05) is 23.7 Å². The van der Waals surface area contributed by atoms with Crippen LogP contribution >= 0.6 is 27.5 Å². The van der Waals surface area contributed by atoms with Gasteiger partial charge in [-0.3, -0.25) is 0 Å². The molecule has 2 nitrogen and oxygen atoms in total. The van der Waals surface area contributed by atoms with E-state index in [-0.39, 0.29) is 16.1 Å². The summed E-state index contributed by atoms with van der Waals surface area (Å²) < 4.78 is 27.9. The second-order valence-corrected chi connectivity index (χ2v) is 4.95. The Balaban J connectivity index is 2.58. The standard InChI is InChI=1S/C13H6BrClF2O2/c14-9-4-3-7(12(17)11(9)15)6-1-2-8(13(18)19)10(16)5-6/h1-5H,(H,18,19). The van der Waals surface area contributed by atoms with Gasteiger partial charge in [0.25, 0.3) is 0 Å². The Hall–Kier alpha value is -1.46. The summed E-state index contributed by atoms with van der Waals surface area (Å²) in [6.45, 7) is 0. The third kappa shape index (κ3) is 2.62. The molecule has 98 valence electrons. The van der Waals surface area contributed by atoms with E-state index < -0.39 is 23.2 Å². The fourth-order valence-corrected chi connectivity index (χ4v) is 2.08. The van der Waals surface area contributed by atoms with Crippen LogP contribution in [0.4, 0.5) is 8.78 Å². The summed E-state index contributed by atoms with van der Waals surface area (Å²) >= 11 is 8.82. The van der Waals surface area contributed by atoms with Crippen LogP contribution in [0.2, 0.25) is 5.02 Å². The maximum absolute atomic E-state index is 13.9. The Kier molecular flexibility index (Phi) is 3.87. The molecule has 0 unspecified atom stereocenters. The lowest BCUT2D eigenvalue weighted by atomic mass is 10.0. The van der Waals surface area contributed by atoms with E-state index in [2.05, 4.69) is 15.9 Å². The van der Waals surface area contributed by atoms with Crippen molar-refractivity contribution in [2.24, 2.45) is 0 Å². The van der Waals surface area contributed by atoms with Crippen molar-refractivity contribution < 1.29 is 18.7 Å². The molecule has 0 saturated heterocycles. The van der Waals surface area contributed by atoms with Gasteiger partial charge in [0.15, 0.2) is 5.82 Å². The van der Waals surface area contributed by atoms with Gasteiger partial charge >= 0.3 is 5.97 Å². The first kappa shape index (κ1) is 14.0. The average molecular weight is 348 g/mol. The second kappa shape index (κ2) is 5.27. The number of hydrogen-bond acceptors (Lipinski definition) is 1. The van der Waals surface area contributed by atoms with E-state index in [0.717, 1.165) is 12.1 Å². The van der Waals surface area contributed by atoms with Crippen molar-refractivity contribution in [2.45, 2.75) is 0 Å². The predicted molar refractivity (Wildman–Crippen MR) is 71.5 cm³/mol. The highest BCUT2D eigenvalue weighted by molar-refractivity contribution is 9.10. The summed E-state index contributed by atoms with van der Waals surface area (Å²) in [5.41, 5.74) is -0.147. The maximum atomic E-state index is 13.9. The van der Waals surface area contributed by atoms with E-state index in [1.54, 1.807) is 0 Å². The minimum absolute atomic E-state index is 0.101.